The van der Waals surface area contributed by atoms with E-state index in [0.29, 0.717) is 0 Å². The summed E-state index contributed by atoms with van der Waals surface area (Å²) < 4.78 is 38.5. The molecule has 0 saturated carbocycles. The predicted octanol–water partition coefficient (Wildman–Crippen LogP) is -1.87. The fraction of sp³-hybridized carbons (Fsp3) is 0.714. The Morgan fingerprint density at radius 3 is 2.47 bits per heavy atom. The summed E-state index contributed by atoms with van der Waals surface area (Å²) in [5, 5.41) is 0. The molecule has 2 aliphatic rings. The molecule has 1 atom stereocenters. The van der Waals surface area contributed by atoms with Crippen LogP contribution in [0.3, 0.4) is 0 Å². The van der Waals surface area contributed by atoms with E-state index in [-0.39, 0.29) is 15.0 Å². The Hall–Kier alpha value is 1.40. The molecule has 2 heterocycles. The summed E-state index contributed by atoms with van der Waals surface area (Å²) in [5.74, 6) is 2.04. The van der Waals surface area contributed by atoms with Crippen molar-refractivity contribution in [3.8, 4) is 0 Å². The van der Waals surface area contributed by atoms with Gasteiger partial charge >= 0.3 is 121 Å². The molecule has 5 nitrogen and oxygen atoms in total. The van der Waals surface area contributed by atoms with Gasteiger partial charge < -0.3 is 0 Å². The van der Waals surface area contributed by atoms with E-state index in [1.165, 1.54) is 15.6 Å². The van der Waals surface area contributed by atoms with Gasteiger partial charge in [0.1, 0.15) is 0 Å². The Labute approximate surface area is 121 Å². The number of hydrogen-bond donors (Lipinski definition) is 0. The van der Waals surface area contributed by atoms with Crippen molar-refractivity contribution in [2.24, 2.45) is 0 Å². The number of thioether (sulfide) groups is 3. The quantitative estimate of drug-likeness (QED) is 0.415. The van der Waals surface area contributed by atoms with E-state index in [1.807, 2.05) is 0 Å². The van der Waals surface area contributed by atoms with Crippen LogP contribution in [0.5, 0.6) is 0 Å². The van der Waals surface area contributed by atoms with Crippen molar-refractivity contribution in [3.05, 3.63) is 8.04 Å². The van der Waals surface area contributed by atoms with Gasteiger partial charge in [0, 0.05) is 0 Å². The number of hydrogen-bond acceptors (Lipinski definition) is 8. The van der Waals surface area contributed by atoms with Crippen LogP contribution in [-0.2, 0) is 4.29 Å². The predicted molar refractivity (Wildman–Crippen MR) is 62.8 cm³/mol. The van der Waals surface area contributed by atoms with Gasteiger partial charge in [-0.15, -0.1) is 0 Å². The first-order chi connectivity index (χ1) is 7.82. The van der Waals surface area contributed by atoms with Gasteiger partial charge in [-0.2, -0.15) is 0 Å². The molecule has 10 heteroatoms. The van der Waals surface area contributed by atoms with Crippen LogP contribution in [0, 0.1) is 10.2 Å². The number of rotatable bonds is 3. The minimum atomic E-state index is -4.41. The summed E-state index contributed by atoms with van der Waals surface area (Å²) in [7, 11) is -0.961. The molecule has 0 N–H and O–H groups in total. The van der Waals surface area contributed by atoms with Crippen LogP contribution in [-0.4, -0.2) is 49.4 Å². The maximum absolute atomic E-state index is 10.8. The second kappa shape index (κ2) is 5.41. The fourth-order valence-corrected chi connectivity index (χ4v) is 11.4. The van der Waals surface area contributed by atoms with Gasteiger partial charge in [0.15, 0.2) is 0 Å². The van der Waals surface area contributed by atoms with Crippen molar-refractivity contribution in [2.75, 3.05) is 25.6 Å². The third-order valence-electron chi connectivity index (χ3n) is 1.90. The molecule has 0 aromatic carbocycles. The van der Waals surface area contributed by atoms with E-state index in [9.17, 15) is 14.0 Å². The molecule has 0 amide bonds. The fourth-order valence-electron chi connectivity index (χ4n) is 1.19. The van der Waals surface area contributed by atoms with Crippen LogP contribution in [0.15, 0.2) is 8.04 Å². The van der Waals surface area contributed by atoms with Gasteiger partial charge in [-0.3, -0.25) is 0 Å². The van der Waals surface area contributed by atoms with E-state index >= 15 is 0 Å². The molecule has 0 aromatic heterocycles. The second-order valence-corrected chi connectivity index (χ2v) is 11.5. The van der Waals surface area contributed by atoms with Crippen LogP contribution < -0.4 is 14.0 Å². The summed E-state index contributed by atoms with van der Waals surface area (Å²) in [5.41, 5.74) is 0. The molecule has 0 bridgehead atoms. The normalized spacial score (nSPS) is 30.0. The summed E-state index contributed by atoms with van der Waals surface area (Å²) in [6.07, 6.45) is 0. The third-order valence-corrected chi connectivity index (χ3v) is 11.6. The minimum absolute atomic E-state index is 0.195. The van der Waals surface area contributed by atoms with Gasteiger partial charge in [-0.1, -0.05) is 0 Å². The number of halogens is 1. The zero-order chi connectivity index (χ0) is 12.7. The standard InChI is InChI=1S/C7H10ClNO4S3Se/c1-9(2)7(13-8(10,11)12)16-5-6(17-7)15-4-3-14-5/h3-4H2,1-2H3. The molecule has 0 fully saturated rings. The zero-order valence-corrected chi connectivity index (χ0v) is 13.9. The summed E-state index contributed by atoms with van der Waals surface area (Å²) in [4.78, 5) is 1.67. The van der Waals surface area contributed by atoms with Crippen molar-refractivity contribution in [2.45, 2.75) is 3.96 Å². The zero-order valence-electron chi connectivity index (χ0n) is 9.01. The van der Waals surface area contributed by atoms with Gasteiger partial charge in [0.05, 0.1) is 0 Å². The van der Waals surface area contributed by atoms with Crippen LogP contribution in [0.4, 0.5) is 0 Å². The third kappa shape index (κ3) is 3.49. The van der Waals surface area contributed by atoms with Gasteiger partial charge in [-0.05, 0) is 0 Å². The molecule has 0 aromatic rings. The van der Waals surface area contributed by atoms with Crippen molar-refractivity contribution >= 4 is 50.2 Å². The second-order valence-electron chi connectivity index (χ2n) is 3.35. The molecular formula is C7H10ClNO4S3Se. The van der Waals surface area contributed by atoms with Crippen molar-refractivity contribution < 1.29 is 28.5 Å². The average Bonchev–Trinajstić information content (AvgIpc) is 2.53. The van der Waals surface area contributed by atoms with Crippen LogP contribution >= 0.6 is 35.3 Å². The van der Waals surface area contributed by atoms with Gasteiger partial charge in [0.2, 0.25) is 0 Å². The van der Waals surface area contributed by atoms with Gasteiger partial charge in [0.25, 0.3) is 0 Å². The molecule has 0 radical (unpaired) electrons. The molecule has 2 aliphatic heterocycles. The maximum atomic E-state index is 10.8. The van der Waals surface area contributed by atoms with E-state index < -0.39 is 14.2 Å². The SMILES string of the molecule is CN(C)C1(O[Cl+3]([O-])([O-])[O-])SC2=C(SCCS2)[Se]1. The molecule has 2 rings (SSSR count). The molecule has 0 saturated heterocycles. The molecule has 1 unspecified atom stereocenters. The molecule has 98 valence electrons. The Morgan fingerprint density at radius 2 is 1.94 bits per heavy atom. The number of nitrogens with zero attached hydrogens (tertiary/aromatic N) is 1. The summed E-state index contributed by atoms with van der Waals surface area (Å²) >= 11 is 4.60. The first-order valence-corrected chi connectivity index (χ1v) is 10.2. The van der Waals surface area contributed by atoms with Crippen LogP contribution in [0.1, 0.15) is 0 Å². The summed E-state index contributed by atoms with van der Waals surface area (Å²) in [6, 6.07) is 0. The van der Waals surface area contributed by atoms with Crippen LogP contribution in [0.25, 0.3) is 0 Å². The average molecular weight is 383 g/mol. The molecular weight excluding hydrogens is 373 g/mol. The summed E-state index contributed by atoms with van der Waals surface area (Å²) in [6.45, 7) is 0. The van der Waals surface area contributed by atoms with Crippen LogP contribution in [0.2, 0.25) is 0 Å². The molecule has 0 spiro atoms. The Bertz CT molecular complexity index is 331. The van der Waals surface area contributed by atoms with Crippen molar-refractivity contribution in [1.29, 1.82) is 0 Å². The van der Waals surface area contributed by atoms with E-state index in [2.05, 4.69) is 0 Å². The Morgan fingerprint density at radius 1 is 1.29 bits per heavy atom. The first kappa shape index (κ1) is 14.8. The molecule has 0 aliphatic carbocycles. The molecule has 17 heavy (non-hydrogen) atoms. The first-order valence-electron chi connectivity index (χ1n) is 4.49. The Kier molecular flexibility index (Phi) is 4.71. The van der Waals surface area contributed by atoms with Gasteiger partial charge in [-0.25, -0.2) is 0 Å². The monoisotopic (exact) mass is 383 g/mol. The van der Waals surface area contributed by atoms with Crippen molar-refractivity contribution in [1.82, 2.24) is 4.90 Å². The topological polar surface area (TPSA) is 81.7 Å². The Balaban J connectivity index is 2.17. The van der Waals surface area contributed by atoms with E-state index in [4.69, 9.17) is 4.29 Å². The van der Waals surface area contributed by atoms with E-state index in [1.54, 1.807) is 42.5 Å². The van der Waals surface area contributed by atoms with E-state index in [0.717, 1.165) is 15.7 Å². The van der Waals surface area contributed by atoms with Crippen molar-refractivity contribution in [3.63, 3.8) is 0 Å².